The lowest BCUT2D eigenvalue weighted by Gasteiger charge is -2.15. The Morgan fingerprint density at radius 2 is 2.07 bits per heavy atom. The first-order valence-electron chi connectivity index (χ1n) is 4.86. The van der Waals surface area contributed by atoms with E-state index in [-0.39, 0.29) is 0 Å². The molecule has 0 aromatic rings. The fourth-order valence-electron chi connectivity index (χ4n) is 0.932. The molecule has 0 amide bonds. The minimum Gasteiger partial charge on any atom is -0.352 e. The molecule has 4 nitrogen and oxygen atoms in total. The molecular weight excluding hydrogens is 196 g/mol. The average molecular weight is 218 g/mol. The summed E-state index contributed by atoms with van der Waals surface area (Å²) in [5.41, 5.74) is 2.58. The summed E-state index contributed by atoms with van der Waals surface area (Å²) in [6, 6.07) is 0.381. The molecule has 0 aromatic heterocycles. The quantitative estimate of drug-likeness (QED) is 0.276. The molecule has 1 unspecified atom stereocenters. The van der Waals surface area contributed by atoms with E-state index in [1.165, 1.54) is 0 Å². The summed E-state index contributed by atoms with van der Waals surface area (Å²) in [6.45, 7) is 7.16. The van der Waals surface area contributed by atoms with Crippen LogP contribution in [0.1, 0.15) is 20.8 Å². The first kappa shape index (κ1) is 13.6. The molecule has 0 spiro atoms. The highest BCUT2D eigenvalue weighted by molar-refractivity contribution is 7.98. The van der Waals surface area contributed by atoms with Gasteiger partial charge in [-0.15, -0.1) is 0 Å². The normalized spacial score (nSPS) is 14.3. The predicted molar refractivity (Wildman–Crippen MR) is 65.4 cm³/mol. The van der Waals surface area contributed by atoms with E-state index in [1.54, 1.807) is 11.8 Å². The molecule has 0 saturated carbocycles. The van der Waals surface area contributed by atoms with Gasteiger partial charge in [0.1, 0.15) is 0 Å². The summed E-state index contributed by atoms with van der Waals surface area (Å²) in [4.78, 5) is 4.32. The molecule has 5 heteroatoms. The smallest absolute Gasteiger partial charge is 0.205 e. The molecule has 1 atom stereocenters. The largest absolute Gasteiger partial charge is 0.352 e. The molecular formula is C9H22N4S. The van der Waals surface area contributed by atoms with Gasteiger partial charge in [-0.1, -0.05) is 13.8 Å². The lowest BCUT2D eigenvalue weighted by molar-refractivity contribution is 0.648. The third kappa shape index (κ3) is 7.03. The van der Waals surface area contributed by atoms with Crippen LogP contribution in [0, 0.1) is 5.92 Å². The van der Waals surface area contributed by atoms with E-state index >= 15 is 0 Å². The number of guanidine groups is 1. The molecule has 0 aromatic carbocycles. The summed E-state index contributed by atoms with van der Waals surface area (Å²) >= 11 is 1.80. The van der Waals surface area contributed by atoms with Crippen molar-refractivity contribution in [2.45, 2.75) is 26.8 Å². The molecule has 0 saturated heterocycles. The topological polar surface area (TPSA) is 62.4 Å². The monoisotopic (exact) mass is 218 g/mol. The summed E-state index contributed by atoms with van der Waals surface area (Å²) in [5, 5.41) is 3.22. The van der Waals surface area contributed by atoms with Gasteiger partial charge in [0.05, 0.1) is 0 Å². The average Bonchev–Trinajstić information content (AvgIpc) is 2.12. The molecule has 0 rings (SSSR count). The lowest BCUT2D eigenvalue weighted by atomic mass is 10.2. The molecule has 0 heterocycles. The molecule has 0 aliphatic heterocycles. The number of nitrogens with two attached hydrogens (primary N) is 1. The number of nitrogens with one attached hydrogen (secondary N) is 2. The van der Waals surface area contributed by atoms with E-state index in [9.17, 15) is 0 Å². The van der Waals surface area contributed by atoms with Crippen molar-refractivity contribution in [1.29, 1.82) is 0 Å². The molecule has 4 N–H and O–H groups in total. The number of hydrazine groups is 1. The third-order valence-corrected chi connectivity index (χ3v) is 2.38. The number of thioether (sulfide) groups is 1. The molecule has 0 radical (unpaired) electrons. The van der Waals surface area contributed by atoms with Crippen LogP contribution in [0.15, 0.2) is 4.99 Å². The van der Waals surface area contributed by atoms with Crippen molar-refractivity contribution < 1.29 is 0 Å². The van der Waals surface area contributed by atoms with E-state index in [0.29, 0.717) is 17.9 Å². The summed E-state index contributed by atoms with van der Waals surface area (Å²) in [6.07, 6.45) is 2.08. The van der Waals surface area contributed by atoms with Crippen LogP contribution in [-0.4, -0.2) is 30.6 Å². The van der Waals surface area contributed by atoms with Crippen molar-refractivity contribution in [3.8, 4) is 0 Å². The Kier molecular flexibility index (Phi) is 7.70. The van der Waals surface area contributed by atoms with Gasteiger partial charge in [0.2, 0.25) is 5.96 Å². The second-order valence-corrected chi connectivity index (χ2v) is 4.64. The molecule has 0 fully saturated rings. The van der Waals surface area contributed by atoms with E-state index in [0.717, 1.165) is 12.3 Å². The zero-order valence-electron chi connectivity index (χ0n) is 9.50. The molecule has 0 bridgehead atoms. The second kappa shape index (κ2) is 7.94. The van der Waals surface area contributed by atoms with Crippen molar-refractivity contribution >= 4 is 17.7 Å². The zero-order chi connectivity index (χ0) is 11.0. The number of hydrogen-bond acceptors (Lipinski definition) is 3. The Bertz CT molecular complexity index is 170. The highest BCUT2D eigenvalue weighted by Gasteiger charge is 2.03. The number of aliphatic imine (C=N–C) groups is 1. The lowest BCUT2D eigenvalue weighted by Crippen LogP contribution is -2.46. The van der Waals surface area contributed by atoms with Crippen LogP contribution in [0.25, 0.3) is 0 Å². The van der Waals surface area contributed by atoms with Gasteiger partial charge in [-0.25, -0.2) is 5.84 Å². The van der Waals surface area contributed by atoms with Crippen LogP contribution in [0.5, 0.6) is 0 Å². The maximum atomic E-state index is 5.35. The third-order valence-electron chi connectivity index (χ3n) is 1.55. The van der Waals surface area contributed by atoms with Gasteiger partial charge in [0.25, 0.3) is 0 Å². The number of hydrogen-bond donors (Lipinski definition) is 3. The molecule has 14 heavy (non-hydrogen) atoms. The van der Waals surface area contributed by atoms with Crippen LogP contribution < -0.4 is 16.6 Å². The summed E-state index contributed by atoms with van der Waals surface area (Å²) in [5.74, 6) is 7.63. The maximum absolute atomic E-state index is 5.35. The van der Waals surface area contributed by atoms with E-state index in [4.69, 9.17) is 5.84 Å². The van der Waals surface area contributed by atoms with Crippen molar-refractivity contribution in [2.75, 3.05) is 18.6 Å². The van der Waals surface area contributed by atoms with Gasteiger partial charge in [-0.3, -0.25) is 10.4 Å². The Labute approximate surface area is 91.1 Å². The molecule has 0 aliphatic rings. The van der Waals surface area contributed by atoms with Crippen molar-refractivity contribution in [2.24, 2.45) is 16.8 Å². The maximum Gasteiger partial charge on any atom is 0.205 e. The highest BCUT2D eigenvalue weighted by Crippen LogP contribution is 1.96. The minimum absolute atomic E-state index is 0.381. The van der Waals surface area contributed by atoms with Crippen LogP contribution >= 0.6 is 11.8 Å². The molecule has 0 aliphatic carbocycles. The first-order valence-corrected chi connectivity index (χ1v) is 6.26. The second-order valence-electron chi connectivity index (χ2n) is 3.73. The van der Waals surface area contributed by atoms with Crippen LogP contribution in [0.2, 0.25) is 0 Å². The first-order chi connectivity index (χ1) is 6.60. The van der Waals surface area contributed by atoms with Gasteiger partial charge >= 0.3 is 0 Å². The highest BCUT2D eigenvalue weighted by atomic mass is 32.2. The standard InChI is InChI=1S/C9H22N4S/c1-7(2)5-11-9(13-10)12-8(3)6-14-4/h7-8H,5-6,10H2,1-4H3,(H2,11,12,13). The Morgan fingerprint density at radius 3 is 2.50 bits per heavy atom. The molecule has 84 valence electrons. The van der Waals surface area contributed by atoms with Gasteiger partial charge in [0.15, 0.2) is 0 Å². The minimum atomic E-state index is 0.381. The Morgan fingerprint density at radius 1 is 1.43 bits per heavy atom. The van der Waals surface area contributed by atoms with Gasteiger partial charge in [-0.2, -0.15) is 11.8 Å². The number of nitrogens with zero attached hydrogens (tertiary/aromatic N) is 1. The van der Waals surface area contributed by atoms with Crippen LogP contribution in [0.4, 0.5) is 0 Å². The summed E-state index contributed by atoms with van der Waals surface area (Å²) in [7, 11) is 0. The zero-order valence-corrected chi connectivity index (χ0v) is 10.3. The fourth-order valence-corrected chi connectivity index (χ4v) is 1.52. The van der Waals surface area contributed by atoms with Crippen LogP contribution in [-0.2, 0) is 0 Å². The van der Waals surface area contributed by atoms with E-state index in [1.807, 2.05) is 0 Å². The summed E-state index contributed by atoms with van der Waals surface area (Å²) < 4.78 is 0. The number of rotatable bonds is 5. The van der Waals surface area contributed by atoms with Gasteiger partial charge in [0, 0.05) is 18.3 Å². The van der Waals surface area contributed by atoms with Gasteiger partial charge in [-0.05, 0) is 19.1 Å². The van der Waals surface area contributed by atoms with E-state index < -0.39 is 0 Å². The fraction of sp³-hybridized carbons (Fsp3) is 0.889. The van der Waals surface area contributed by atoms with E-state index in [2.05, 4.69) is 42.8 Å². The van der Waals surface area contributed by atoms with Crippen molar-refractivity contribution in [3.05, 3.63) is 0 Å². The van der Waals surface area contributed by atoms with Gasteiger partial charge < -0.3 is 5.32 Å². The Hall–Kier alpha value is -0.420. The van der Waals surface area contributed by atoms with Crippen LogP contribution in [0.3, 0.4) is 0 Å². The predicted octanol–water partition coefficient (Wildman–Crippen LogP) is 0.803. The Balaban J connectivity index is 3.94. The van der Waals surface area contributed by atoms with Crippen molar-refractivity contribution in [1.82, 2.24) is 10.7 Å². The van der Waals surface area contributed by atoms with Crippen molar-refractivity contribution in [3.63, 3.8) is 0 Å². The SMILES string of the molecule is CSCC(C)NC(=NCC(C)C)NN.